The molecule has 1 fully saturated rings. The Morgan fingerprint density at radius 2 is 1.88 bits per heavy atom. The highest BCUT2D eigenvalue weighted by Gasteiger charge is 2.30. The highest BCUT2D eigenvalue weighted by atomic mass is 16.2. The lowest BCUT2D eigenvalue weighted by Gasteiger charge is -2.41. The SMILES string of the molecule is CC1CC(N(C)C(=O)c2ccc(C#N)cc2)CCN1Cc1ccccc1. The van der Waals surface area contributed by atoms with Crippen molar-refractivity contribution in [2.24, 2.45) is 0 Å². The zero-order valence-corrected chi connectivity index (χ0v) is 15.4. The molecule has 134 valence electrons. The number of piperidine rings is 1. The number of benzene rings is 2. The third kappa shape index (κ3) is 4.12. The summed E-state index contributed by atoms with van der Waals surface area (Å²) in [5.41, 5.74) is 2.55. The standard InChI is InChI=1S/C22H25N3O/c1-17-14-21(12-13-25(17)16-19-6-4-3-5-7-19)24(2)22(26)20-10-8-18(15-23)9-11-20/h3-11,17,21H,12-14,16H2,1-2H3. The number of hydrogen-bond donors (Lipinski definition) is 0. The quantitative estimate of drug-likeness (QED) is 0.847. The molecule has 3 rings (SSSR count). The van der Waals surface area contributed by atoms with Crippen LogP contribution in [-0.2, 0) is 6.54 Å². The normalized spacial score (nSPS) is 20.3. The summed E-state index contributed by atoms with van der Waals surface area (Å²) in [4.78, 5) is 17.1. The largest absolute Gasteiger partial charge is 0.339 e. The van der Waals surface area contributed by atoms with Crippen LogP contribution >= 0.6 is 0 Å². The van der Waals surface area contributed by atoms with Crippen molar-refractivity contribution in [3.63, 3.8) is 0 Å². The van der Waals surface area contributed by atoms with Gasteiger partial charge in [0.1, 0.15) is 0 Å². The molecule has 26 heavy (non-hydrogen) atoms. The molecule has 1 aliphatic heterocycles. The summed E-state index contributed by atoms with van der Waals surface area (Å²) in [6, 6.07) is 20.2. The van der Waals surface area contributed by atoms with E-state index in [0.29, 0.717) is 17.2 Å². The van der Waals surface area contributed by atoms with Gasteiger partial charge < -0.3 is 4.90 Å². The Bertz CT molecular complexity index is 779. The third-order valence-electron chi connectivity index (χ3n) is 5.34. The molecule has 0 radical (unpaired) electrons. The minimum atomic E-state index is 0.0307. The summed E-state index contributed by atoms with van der Waals surface area (Å²) in [6.07, 6.45) is 1.96. The van der Waals surface area contributed by atoms with Crippen LogP contribution in [0, 0.1) is 11.3 Å². The molecule has 0 spiro atoms. The fourth-order valence-electron chi connectivity index (χ4n) is 3.66. The Hall–Kier alpha value is -2.64. The van der Waals surface area contributed by atoms with E-state index in [9.17, 15) is 4.79 Å². The fourth-order valence-corrected chi connectivity index (χ4v) is 3.66. The molecule has 0 aliphatic carbocycles. The lowest BCUT2D eigenvalue weighted by atomic mass is 9.96. The predicted molar refractivity (Wildman–Crippen MR) is 103 cm³/mol. The molecule has 0 aromatic heterocycles. The number of carbonyl (C=O) groups excluding carboxylic acids is 1. The number of rotatable bonds is 4. The van der Waals surface area contributed by atoms with E-state index >= 15 is 0 Å². The number of nitriles is 1. The lowest BCUT2D eigenvalue weighted by molar-refractivity contribution is 0.0538. The molecular weight excluding hydrogens is 322 g/mol. The van der Waals surface area contributed by atoms with Crippen LogP contribution in [0.3, 0.4) is 0 Å². The van der Waals surface area contributed by atoms with Crippen LogP contribution in [-0.4, -0.2) is 41.4 Å². The van der Waals surface area contributed by atoms with E-state index in [2.05, 4.69) is 42.2 Å². The van der Waals surface area contributed by atoms with E-state index in [4.69, 9.17) is 5.26 Å². The first-order valence-electron chi connectivity index (χ1n) is 9.14. The van der Waals surface area contributed by atoms with E-state index < -0.39 is 0 Å². The van der Waals surface area contributed by atoms with Gasteiger partial charge in [0.15, 0.2) is 0 Å². The summed E-state index contributed by atoms with van der Waals surface area (Å²) in [6.45, 7) is 4.20. The molecule has 1 saturated heterocycles. The Morgan fingerprint density at radius 1 is 1.19 bits per heavy atom. The Morgan fingerprint density at radius 3 is 2.50 bits per heavy atom. The van der Waals surface area contributed by atoms with Crippen LogP contribution in [0.15, 0.2) is 54.6 Å². The molecule has 4 heteroatoms. The first kappa shape index (κ1) is 18.2. The summed E-state index contributed by atoms with van der Waals surface area (Å²) in [7, 11) is 1.89. The maximum absolute atomic E-state index is 12.8. The lowest BCUT2D eigenvalue weighted by Crippen LogP contribution is -2.49. The molecule has 0 bridgehead atoms. The minimum Gasteiger partial charge on any atom is -0.339 e. The van der Waals surface area contributed by atoms with Crippen molar-refractivity contribution in [3.05, 3.63) is 71.3 Å². The fraction of sp³-hybridized carbons (Fsp3) is 0.364. The van der Waals surface area contributed by atoms with Gasteiger partial charge in [0.2, 0.25) is 0 Å². The van der Waals surface area contributed by atoms with Gasteiger partial charge in [-0.3, -0.25) is 9.69 Å². The van der Waals surface area contributed by atoms with Crippen LogP contribution < -0.4 is 0 Å². The minimum absolute atomic E-state index is 0.0307. The zero-order valence-electron chi connectivity index (χ0n) is 15.4. The highest BCUT2D eigenvalue weighted by molar-refractivity contribution is 5.94. The van der Waals surface area contributed by atoms with Crippen molar-refractivity contribution in [1.82, 2.24) is 9.80 Å². The van der Waals surface area contributed by atoms with E-state index in [1.54, 1.807) is 24.3 Å². The van der Waals surface area contributed by atoms with Crippen LogP contribution in [0.4, 0.5) is 0 Å². The van der Waals surface area contributed by atoms with Gasteiger partial charge in [-0.05, 0) is 49.6 Å². The van der Waals surface area contributed by atoms with Gasteiger partial charge >= 0.3 is 0 Å². The molecule has 4 nitrogen and oxygen atoms in total. The van der Waals surface area contributed by atoms with Crippen LogP contribution in [0.2, 0.25) is 0 Å². The van der Waals surface area contributed by atoms with E-state index in [1.807, 2.05) is 18.0 Å². The topological polar surface area (TPSA) is 47.3 Å². The van der Waals surface area contributed by atoms with Gasteiger partial charge in [-0.2, -0.15) is 5.26 Å². The molecule has 2 aromatic carbocycles. The van der Waals surface area contributed by atoms with Crippen LogP contribution in [0.5, 0.6) is 0 Å². The Balaban J connectivity index is 1.60. The number of carbonyl (C=O) groups is 1. The first-order chi connectivity index (χ1) is 12.6. The average molecular weight is 347 g/mol. The molecule has 1 aliphatic rings. The molecule has 1 amide bonds. The van der Waals surface area contributed by atoms with Crippen molar-refractivity contribution in [3.8, 4) is 6.07 Å². The van der Waals surface area contributed by atoms with Gasteiger partial charge in [0.05, 0.1) is 11.6 Å². The number of likely N-dealkylation sites (tertiary alicyclic amines) is 1. The van der Waals surface area contributed by atoms with Gasteiger partial charge in [-0.15, -0.1) is 0 Å². The van der Waals surface area contributed by atoms with Crippen molar-refractivity contribution < 1.29 is 4.79 Å². The number of amides is 1. The molecule has 0 saturated carbocycles. The summed E-state index contributed by atoms with van der Waals surface area (Å²) in [5.74, 6) is 0.0307. The van der Waals surface area contributed by atoms with Gasteiger partial charge in [-0.1, -0.05) is 30.3 Å². The van der Waals surface area contributed by atoms with Crippen molar-refractivity contribution in [1.29, 1.82) is 5.26 Å². The van der Waals surface area contributed by atoms with Crippen LogP contribution in [0.1, 0.15) is 41.3 Å². The van der Waals surface area contributed by atoms with Crippen molar-refractivity contribution in [2.45, 2.75) is 38.4 Å². The van der Waals surface area contributed by atoms with Gasteiger partial charge in [0, 0.05) is 37.8 Å². The third-order valence-corrected chi connectivity index (χ3v) is 5.34. The second-order valence-electron chi connectivity index (χ2n) is 7.09. The Labute approximate surface area is 155 Å². The predicted octanol–water partition coefficient (Wildman–Crippen LogP) is 3.68. The summed E-state index contributed by atoms with van der Waals surface area (Å²) < 4.78 is 0. The van der Waals surface area contributed by atoms with Crippen LogP contribution in [0.25, 0.3) is 0 Å². The van der Waals surface area contributed by atoms with Gasteiger partial charge in [-0.25, -0.2) is 0 Å². The number of nitrogens with zero attached hydrogens (tertiary/aromatic N) is 3. The maximum atomic E-state index is 12.8. The maximum Gasteiger partial charge on any atom is 0.253 e. The smallest absolute Gasteiger partial charge is 0.253 e. The second-order valence-corrected chi connectivity index (χ2v) is 7.09. The average Bonchev–Trinajstić information content (AvgIpc) is 2.69. The van der Waals surface area contributed by atoms with E-state index in [-0.39, 0.29) is 11.9 Å². The summed E-state index contributed by atoms with van der Waals surface area (Å²) in [5, 5.41) is 8.89. The molecule has 0 N–H and O–H groups in total. The molecule has 1 heterocycles. The monoisotopic (exact) mass is 347 g/mol. The summed E-state index contributed by atoms with van der Waals surface area (Å²) >= 11 is 0. The van der Waals surface area contributed by atoms with Crippen molar-refractivity contribution in [2.75, 3.05) is 13.6 Å². The highest BCUT2D eigenvalue weighted by Crippen LogP contribution is 2.24. The molecule has 2 aromatic rings. The van der Waals surface area contributed by atoms with E-state index in [0.717, 1.165) is 25.9 Å². The molecule has 2 unspecified atom stereocenters. The van der Waals surface area contributed by atoms with Gasteiger partial charge in [0.25, 0.3) is 5.91 Å². The Kier molecular flexibility index (Phi) is 5.70. The molecule has 2 atom stereocenters. The van der Waals surface area contributed by atoms with Crippen molar-refractivity contribution >= 4 is 5.91 Å². The zero-order chi connectivity index (χ0) is 18.5. The first-order valence-corrected chi connectivity index (χ1v) is 9.14. The van der Waals surface area contributed by atoms with E-state index in [1.165, 1.54) is 5.56 Å². The molecular formula is C22H25N3O. The second kappa shape index (κ2) is 8.16. The number of hydrogen-bond acceptors (Lipinski definition) is 3.